The maximum atomic E-state index is 5.20. The molecule has 0 rings (SSSR count). The molecule has 2 radical (unpaired) electrons. The maximum absolute atomic E-state index is 5.20. The van der Waals surface area contributed by atoms with Crippen LogP contribution in [0.1, 0.15) is 0 Å². The van der Waals surface area contributed by atoms with E-state index in [1.807, 2.05) is 0 Å². The Hall–Kier alpha value is -0.0551. The van der Waals surface area contributed by atoms with E-state index in [4.69, 9.17) is 13.7 Å². The molecule has 0 aliphatic rings. The number of hydrogen-bond acceptors (Lipinski definition) is 3. The van der Waals surface area contributed by atoms with Crippen LogP contribution in [0.2, 0.25) is 0 Å². The van der Waals surface area contributed by atoms with Crippen molar-refractivity contribution in [1.29, 1.82) is 0 Å². The highest BCUT2D eigenvalue weighted by atomic mass is 14.9. The summed E-state index contributed by atoms with van der Waals surface area (Å²) in [6.07, 6.45) is 0. The quantitative estimate of drug-likeness (QED) is 0.291. The van der Waals surface area contributed by atoms with Gasteiger partial charge in [0.2, 0.25) is 0 Å². The summed E-state index contributed by atoms with van der Waals surface area (Å²) in [7, 11) is 4.99. The standard InChI is InChI=1S/C4H12BN3/c5-8-4-3-7-2-1-6/h7-8H,1-4,6H2. The van der Waals surface area contributed by atoms with Gasteiger partial charge in [-0.2, -0.15) is 0 Å². The minimum Gasteiger partial charge on any atom is -0.365 e. The van der Waals surface area contributed by atoms with Crippen molar-refractivity contribution in [3.63, 3.8) is 0 Å². The Bertz CT molecular complexity index is 36.3. The number of nitrogens with one attached hydrogen (secondary N) is 2. The molecule has 0 atom stereocenters. The largest absolute Gasteiger partial charge is 0.365 e. The molecule has 0 aliphatic carbocycles. The normalized spacial score (nSPS) is 9.62. The second kappa shape index (κ2) is 6.94. The number of hydrogen-bond donors (Lipinski definition) is 3. The molecule has 0 heterocycles. The van der Waals surface area contributed by atoms with E-state index in [1.54, 1.807) is 0 Å². The molecule has 0 aromatic carbocycles. The van der Waals surface area contributed by atoms with Crippen LogP contribution in [-0.2, 0) is 0 Å². The molecule has 0 bridgehead atoms. The van der Waals surface area contributed by atoms with Gasteiger partial charge in [-0.15, -0.1) is 0 Å². The summed E-state index contributed by atoms with van der Waals surface area (Å²) in [6.45, 7) is 3.22. The molecule has 4 N–H and O–H groups in total. The van der Waals surface area contributed by atoms with E-state index >= 15 is 0 Å². The third kappa shape index (κ3) is 5.94. The first-order chi connectivity index (χ1) is 3.91. The molecule has 4 heteroatoms. The van der Waals surface area contributed by atoms with Crippen molar-refractivity contribution in [2.24, 2.45) is 5.73 Å². The summed E-state index contributed by atoms with van der Waals surface area (Å²) in [5.74, 6) is 0. The minimum atomic E-state index is 0.685. The van der Waals surface area contributed by atoms with E-state index in [2.05, 4.69) is 10.5 Å². The lowest BCUT2D eigenvalue weighted by Crippen LogP contribution is -2.29. The summed E-state index contributed by atoms with van der Waals surface area (Å²) in [5, 5.41) is 5.59. The highest BCUT2D eigenvalue weighted by Gasteiger charge is 1.79. The van der Waals surface area contributed by atoms with Gasteiger partial charge in [-0.1, -0.05) is 0 Å². The maximum Gasteiger partial charge on any atom is 0.177 e. The SMILES string of the molecule is [B]NCCNCCN. The average Bonchev–Trinajstić information content (AvgIpc) is 1.81. The minimum absolute atomic E-state index is 0.685. The van der Waals surface area contributed by atoms with E-state index in [9.17, 15) is 0 Å². The van der Waals surface area contributed by atoms with Crippen molar-refractivity contribution in [3.05, 3.63) is 0 Å². The fourth-order valence-corrected chi connectivity index (χ4v) is 0.388. The van der Waals surface area contributed by atoms with E-state index in [0.717, 1.165) is 19.6 Å². The predicted molar refractivity (Wildman–Crippen MR) is 35.7 cm³/mol. The van der Waals surface area contributed by atoms with Gasteiger partial charge in [-0.05, 0) is 6.54 Å². The second-order valence-electron chi connectivity index (χ2n) is 1.49. The fraction of sp³-hybridized carbons (Fsp3) is 1.00. The summed E-state index contributed by atoms with van der Waals surface area (Å²) >= 11 is 0. The number of nitrogens with two attached hydrogens (primary N) is 1. The second-order valence-corrected chi connectivity index (χ2v) is 1.49. The van der Waals surface area contributed by atoms with Crippen molar-refractivity contribution < 1.29 is 0 Å². The van der Waals surface area contributed by atoms with Crippen LogP contribution < -0.4 is 16.3 Å². The van der Waals surface area contributed by atoms with Crippen molar-refractivity contribution in [3.8, 4) is 0 Å². The van der Waals surface area contributed by atoms with Crippen LogP contribution in [0.5, 0.6) is 0 Å². The molecule has 8 heavy (non-hydrogen) atoms. The Morgan fingerprint density at radius 3 is 2.50 bits per heavy atom. The third-order valence-corrected chi connectivity index (χ3v) is 0.767. The van der Waals surface area contributed by atoms with Crippen molar-refractivity contribution >= 4 is 7.98 Å². The van der Waals surface area contributed by atoms with Crippen LogP contribution in [-0.4, -0.2) is 34.2 Å². The van der Waals surface area contributed by atoms with E-state index in [1.165, 1.54) is 0 Å². The van der Waals surface area contributed by atoms with Crippen LogP contribution in [0.25, 0.3) is 0 Å². The van der Waals surface area contributed by atoms with Gasteiger partial charge >= 0.3 is 0 Å². The van der Waals surface area contributed by atoms with Crippen LogP contribution in [0.15, 0.2) is 0 Å². The predicted octanol–water partition coefficient (Wildman–Crippen LogP) is -1.79. The van der Waals surface area contributed by atoms with E-state index < -0.39 is 0 Å². The molecular formula is C4H12BN3. The molecule has 3 nitrogen and oxygen atoms in total. The Kier molecular flexibility index (Phi) is 6.90. The van der Waals surface area contributed by atoms with Gasteiger partial charge in [0.25, 0.3) is 0 Å². The smallest absolute Gasteiger partial charge is 0.177 e. The molecule has 46 valence electrons. The van der Waals surface area contributed by atoms with Gasteiger partial charge < -0.3 is 16.3 Å². The molecule has 0 saturated heterocycles. The van der Waals surface area contributed by atoms with Gasteiger partial charge in [0.15, 0.2) is 7.98 Å². The van der Waals surface area contributed by atoms with Gasteiger partial charge in [-0.3, -0.25) is 0 Å². The lowest BCUT2D eigenvalue weighted by atomic mass is 10.4. The molecular weight excluding hydrogens is 101 g/mol. The van der Waals surface area contributed by atoms with Gasteiger partial charge in [0.1, 0.15) is 0 Å². The highest BCUT2D eigenvalue weighted by Crippen LogP contribution is 1.52. The third-order valence-electron chi connectivity index (χ3n) is 0.767. The van der Waals surface area contributed by atoms with Gasteiger partial charge in [-0.25, -0.2) is 0 Å². The van der Waals surface area contributed by atoms with Crippen LogP contribution in [0.3, 0.4) is 0 Å². The molecule has 0 amide bonds. The van der Waals surface area contributed by atoms with Crippen LogP contribution in [0, 0.1) is 0 Å². The molecule has 0 aromatic rings. The highest BCUT2D eigenvalue weighted by molar-refractivity contribution is 6.04. The van der Waals surface area contributed by atoms with Crippen molar-refractivity contribution in [2.45, 2.75) is 0 Å². The lowest BCUT2D eigenvalue weighted by Gasteiger charge is -1.99. The van der Waals surface area contributed by atoms with Crippen molar-refractivity contribution in [1.82, 2.24) is 10.5 Å². The first-order valence-electron chi connectivity index (χ1n) is 2.76. The Balaban J connectivity index is 2.53. The molecule has 0 aliphatic heterocycles. The van der Waals surface area contributed by atoms with Crippen molar-refractivity contribution in [2.75, 3.05) is 26.2 Å². The van der Waals surface area contributed by atoms with Crippen LogP contribution in [0.4, 0.5) is 0 Å². The van der Waals surface area contributed by atoms with E-state index in [-0.39, 0.29) is 0 Å². The Morgan fingerprint density at radius 1 is 1.25 bits per heavy atom. The Labute approximate surface area is 51.4 Å². The number of rotatable bonds is 5. The summed E-state index contributed by atoms with van der Waals surface area (Å²) in [4.78, 5) is 0. The Morgan fingerprint density at radius 2 is 2.00 bits per heavy atom. The summed E-state index contributed by atoms with van der Waals surface area (Å²) in [5.41, 5.74) is 5.20. The molecule has 0 aromatic heterocycles. The molecule has 0 unspecified atom stereocenters. The van der Waals surface area contributed by atoms with Crippen LogP contribution >= 0.6 is 0 Å². The molecule has 0 saturated carbocycles. The lowest BCUT2D eigenvalue weighted by molar-refractivity contribution is 0.681. The molecule has 0 spiro atoms. The van der Waals surface area contributed by atoms with Gasteiger partial charge in [0, 0.05) is 19.6 Å². The zero-order chi connectivity index (χ0) is 6.24. The summed E-state index contributed by atoms with van der Waals surface area (Å²) in [6, 6.07) is 0. The summed E-state index contributed by atoms with van der Waals surface area (Å²) < 4.78 is 0. The monoisotopic (exact) mass is 113 g/mol. The topological polar surface area (TPSA) is 50.1 Å². The zero-order valence-electron chi connectivity index (χ0n) is 4.98. The first-order valence-corrected chi connectivity index (χ1v) is 2.76. The fourth-order valence-electron chi connectivity index (χ4n) is 0.388. The zero-order valence-corrected chi connectivity index (χ0v) is 4.98. The van der Waals surface area contributed by atoms with E-state index in [0.29, 0.717) is 6.54 Å². The first kappa shape index (κ1) is 7.94. The molecule has 0 fully saturated rings. The van der Waals surface area contributed by atoms with Gasteiger partial charge in [0.05, 0.1) is 0 Å². The average molecular weight is 113 g/mol.